The fourth-order valence-electron chi connectivity index (χ4n) is 4.63. The summed E-state index contributed by atoms with van der Waals surface area (Å²) in [6.45, 7) is 6.07. The molecule has 3 aromatic rings. The molecule has 200 valence electrons. The average Bonchev–Trinajstić information content (AvgIpc) is 3.21. The van der Waals surface area contributed by atoms with Crippen molar-refractivity contribution in [3.8, 4) is 0 Å². The van der Waals surface area contributed by atoms with Gasteiger partial charge in [-0.2, -0.15) is 4.98 Å². The largest absolute Gasteiger partial charge is 0.341 e. The third-order valence-corrected chi connectivity index (χ3v) is 7.12. The molecular formula is C25H35N7O4S. The van der Waals surface area contributed by atoms with Gasteiger partial charge in [0.25, 0.3) is 5.56 Å². The number of aromatic nitrogens is 4. The number of sulfonamides is 1. The van der Waals surface area contributed by atoms with Crippen LogP contribution in [0.3, 0.4) is 0 Å². The first-order chi connectivity index (χ1) is 17.4. The highest BCUT2D eigenvalue weighted by atomic mass is 32.2. The Kier molecular flexibility index (Phi) is 7.60. The number of rotatable bonds is 8. The molecule has 1 saturated heterocycles. The fourth-order valence-corrected chi connectivity index (χ4v) is 5.20. The highest BCUT2D eigenvalue weighted by Crippen LogP contribution is 2.23. The average molecular weight is 530 g/mol. The van der Waals surface area contributed by atoms with Crippen molar-refractivity contribution in [1.29, 1.82) is 0 Å². The van der Waals surface area contributed by atoms with Gasteiger partial charge in [-0.3, -0.25) is 18.7 Å². The molecule has 0 radical (unpaired) electrons. The van der Waals surface area contributed by atoms with Crippen LogP contribution in [-0.2, 0) is 36.6 Å². The van der Waals surface area contributed by atoms with Gasteiger partial charge in [0.05, 0.1) is 6.26 Å². The predicted octanol–water partition coefficient (Wildman–Crippen LogP) is 1.40. The van der Waals surface area contributed by atoms with Crippen LogP contribution in [0, 0.1) is 0 Å². The van der Waals surface area contributed by atoms with Gasteiger partial charge in [0.15, 0.2) is 11.2 Å². The molecule has 3 heterocycles. The van der Waals surface area contributed by atoms with Crippen molar-refractivity contribution in [3.63, 3.8) is 0 Å². The monoisotopic (exact) mass is 529 g/mol. The second-order valence-corrected chi connectivity index (χ2v) is 11.7. The van der Waals surface area contributed by atoms with Gasteiger partial charge in [-0.25, -0.2) is 13.2 Å². The Labute approximate surface area is 216 Å². The summed E-state index contributed by atoms with van der Waals surface area (Å²) in [6.07, 6.45) is 5.44. The van der Waals surface area contributed by atoms with Gasteiger partial charge in [-0.05, 0) is 50.8 Å². The zero-order valence-electron chi connectivity index (χ0n) is 21.8. The number of nitrogens with one attached hydrogen (secondary N) is 1. The van der Waals surface area contributed by atoms with Crippen LogP contribution in [0.1, 0.15) is 32.3 Å². The summed E-state index contributed by atoms with van der Waals surface area (Å²) in [6, 6.07) is 6.90. The Morgan fingerprint density at radius 1 is 1.19 bits per heavy atom. The lowest BCUT2D eigenvalue weighted by Crippen LogP contribution is -2.44. The molecule has 1 unspecified atom stereocenters. The first-order valence-electron chi connectivity index (χ1n) is 12.4. The third kappa shape index (κ3) is 5.96. The number of fused-ring (bicyclic) bond motifs is 1. The number of hydrogen-bond acceptors (Lipinski definition) is 7. The summed E-state index contributed by atoms with van der Waals surface area (Å²) >= 11 is 0. The molecular weight excluding hydrogens is 494 g/mol. The molecule has 1 aromatic carbocycles. The molecule has 1 aliphatic heterocycles. The number of anilines is 2. The van der Waals surface area contributed by atoms with Gasteiger partial charge in [0.1, 0.15) is 0 Å². The molecule has 0 saturated carbocycles. The minimum Gasteiger partial charge on any atom is -0.341 e. The van der Waals surface area contributed by atoms with Gasteiger partial charge >= 0.3 is 5.69 Å². The summed E-state index contributed by atoms with van der Waals surface area (Å²) in [5.41, 5.74) is 8.60. The van der Waals surface area contributed by atoms with Crippen molar-refractivity contribution in [3.05, 3.63) is 62.3 Å². The highest BCUT2D eigenvalue weighted by Gasteiger charge is 2.26. The molecule has 1 fully saturated rings. The molecule has 2 aromatic heterocycles. The zero-order valence-corrected chi connectivity index (χ0v) is 22.6. The first-order valence-corrected chi connectivity index (χ1v) is 14.2. The Morgan fingerprint density at radius 2 is 1.89 bits per heavy atom. The number of benzene rings is 1. The molecule has 3 N–H and O–H groups in total. The van der Waals surface area contributed by atoms with Crippen LogP contribution in [0.2, 0.25) is 0 Å². The lowest BCUT2D eigenvalue weighted by atomic mass is 10.1. The van der Waals surface area contributed by atoms with E-state index in [9.17, 15) is 18.0 Å². The van der Waals surface area contributed by atoms with E-state index in [1.165, 1.54) is 9.13 Å². The van der Waals surface area contributed by atoms with E-state index in [4.69, 9.17) is 10.7 Å². The first kappa shape index (κ1) is 26.7. The minimum atomic E-state index is -3.37. The minimum absolute atomic E-state index is 0.0324. The second-order valence-electron chi connectivity index (χ2n) is 9.94. The maximum atomic E-state index is 13.7. The number of allylic oxidation sites excluding steroid dienone is 2. The summed E-state index contributed by atoms with van der Waals surface area (Å²) in [4.78, 5) is 33.8. The molecule has 37 heavy (non-hydrogen) atoms. The van der Waals surface area contributed by atoms with Crippen LogP contribution in [0.4, 0.5) is 11.6 Å². The van der Waals surface area contributed by atoms with Gasteiger partial charge in [-0.15, -0.1) is 0 Å². The number of hydrogen-bond donors (Lipinski definition) is 2. The van der Waals surface area contributed by atoms with Gasteiger partial charge in [0.2, 0.25) is 16.0 Å². The van der Waals surface area contributed by atoms with Crippen LogP contribution in [-0.4, -0.2) is 52.5 Å². The van der Waals surface area contributed by atoms with E-state index in [2.05, 4.69) is 9.62 Å². The van der Waals surface area contributed by atoms with Gasteiger partial charge in [-0.1, -0.05) is 23.8 Å². The quantitative estimate of drug-likeness (QED) is 0.421. The number of piperidine rings is 1. The van der Waals surface area contributed by atoms with Crippen molar-refractivity contribution in [1.82, 2.24) is 18.7 Å². The molecule has 0 bridgehead atoms. The molecule has 12 heteroatoms. The van der Waals surface area contributed by atoms with Crippen LogP contribution >= 0.6 is 0 Å². The summed E-state index contributed by atoms with van der Waals surface area (Å²) in [5, 5.41) is 0. The normalized spacial score (nSPS) is 16.2. The fraction of sp³-hybridized carbons (Fsp3) is 0.480. The standard InChI is InChI=1S/C25H35N7O4S/c1-17(2)11-14-31-21-22(27-24(31)30-13-5-6-19(26)16-30)29(3)25(34)32(23(21)33)15-12-18-7-9-20(10-8-18)28-37(4,35)36/h7-11,19,28H,5-6,12-16,26H2,1-4H3. The maximum Gasteiger partial charge on any atom is 0.332 e. The topological polar surface area (TPSA) is 137 Å². The molecule has 11 nitrogen and oxygen atoms in total. The second kappa shape index (κ2) is 10.5. The smallest absolute Gasteiger partial charge is 0.332 e. The van der Waals surface area contributed by atoms with E-state index in [0.717, 1.165) is 36.8 Å². The number of imidazole rings is 1. The molecule has 1 atom stereocenters. The van der Waals surface area contributed by atoms with E-state index in [1.807, 2.05) is 24.5 Å². The summed E-state index contributed by atoms with van der Waals surface area (Å²) < 4.78 is 29.9. The molecule has 4 rings (SSSR count). The molecule has 1 aliphatic rings. The van der Waals surface area contributed by atoms with Crippen molar-refractivity contribution >= 4 is 32.8 Å². The van der Waals surface area contributed by atoms with Crippen molar-refractivity contribution in [2.24, 2.45) is 12.8 Å². The Balaban J connectivity index is 1.73. The van der Waals surface area contributed by atoms with Crippen molar-refractivity contribution in [2.45, 2.75) is 52.2 Å². The van der Waals surface area contributed by atoms with E-state index < -0.39 is 15.7 Å². The van der Waals surface area contributed by atoms with Gasteiger partial charge in [0, 0.05) is 45.0 Å². The van der Waals surface area contributed by atoms with Crippen LogP contribution in [0.25, 0.3) is 11.2 Å². The van der Waals surface area contributed by atoms with Crippen molar-refractivity contribution < 1.29 is 8.42 Å². The third-order valence-electron chi connectivity index (χ3n) is 6.52. The number of nitrogens with two attached hydrogens (primary N) is 1. The van der Waals surface area contributed by atoms with E-state index in [1.54, 1.807) is 31.3 Å². The van der Waals surface area contributed by atoms with Crippen LogP contribution in [0.15, 0.2) is 45.5 Å². The molecule has 0 amide bonds. The molecule has 0 spiro atoms. The number of nitrogens with zero attached hydrogens (tertiary/aromatic N) is 5. The number of aryl methyl sites for hydroxylation is 2. The van der Waals surface area contributed by atoms with Gasteiger partial charge < -0.3 is 15.2 Å². The maximum absolute atomic E-state index is 13.7. The Hall–Kier alpha value is -3.38. The lowest BCUT2D eigenvalue weighted by molar-refractivity contribution is 0.495. The molecule has 0 aliphatic carbocycles. The van der Waals surface area contributed by atoms with E-state index in [-0.39, 0.29) is 18.1 Å². The van der Waals surface area contributed by atoms with E-state index in [0.29, 0.717) is 42.3 Å². The summed E-state index contributed by atoms with van der Waals surface area (Å²) in [7, 11) is -1.73. The van der Waals surface area contributed by atoms with E-state index >= 15 is 0 Å². The lowest BCUT2D eigenvalue weighted by Gasteiger charge is -2.31. The Morgan fingerprint density at radius 3 is 2.51 bits per heavy atom. The SMILES string of the molecule is CC(C)=CCn1c(N2CCCC(N)C2)nc2c1c(=O)n(CCc1ccc(NS(C)(=O)=O)cc1)c(=O)n2C. The zero-order chi connectivity index (χ0) is 26.9. The summed E-state index contributed by atoms with van der Waals surface area (Å²) in [5.74, 6) is 0.654. The van der Waals surface area contributed by atoms with Crippen LogP contribution < -0.4 is 26.6 Å². The van der Waals surface area contributed by atoms with Crippen molar-refractivity contribution in [2.75, 3.05) is 29.0 Å². The Bertz CT molecular complexity index is 1540. The predicted molar refractivity (Wildman–Crippen MR) is 147 cm³/mol. The highest BCUT2D eigenvalue weighted by molar-refractivity contribution is 7.92. The van der Waals surface area contributed by atoms with Crippen LogP contribution in [0.5, 0.6) is 0 Å².